The zero-order valence-corrected chi connectivity index (χ0v) is 7.79. The van der Waals surface area contributed by atoms with Gasteiger partial charge in [-0.25, -0.2) is 0 Å². The van der Waals surface area contributed by atoms with Crippen LogP contribution in [0.4, 0.5) is 0 Å². The second-order valence-electron chi connectivity index (χ2n) is 3.43. The molecule has 1 saturated carbocycles. The average Bonchev–Trinajstić information content (AvgIpc) is 2.92. The molecule has 0 saturated heterocycles. The first-order valence-electron chi connectivity index (χ1n) is 4.62. The fraction of sp³-hybridized carbons (Fsp3) is 0.500. The second-order valence-corrected chi connectivity index (χ2v) is 3.43. The standard InChI is InChI=1S/C10H14N2O/c1-7-4-5-12-9(6-11)10(7)13-8-2-3-8/h4-5,8H,2-3,6,11H2,1H3. The van der Waals surface area contributed by atoms with E-state index in [0.717, 1.165) is 17.0 Å². The second kappa shape index (κ2) is 3.34. The molecule has 0 unspecified atom stereocenters. The van der Waals surface area contributed by atoms with Crippen molar-refractivity contribution >= 4 is 0 Å². The van der Waals surface area contributed by atoms with Crippen molar-refractivity contribution in [2.24, 2.45) is 5.73 Å². The Labute approximate surface area is 77.9 Å². The summed E-state index contributed by atoms with van der Waals surface area (Å²) >= 11 is 0. The molecule has 3 nitrogen and oxygen atoms in total. The third-order valence-corrected chi connectivity index (χ3v) is 2.18. The molecule has 1 aromatic rings. The minimum absolute atomic E-state index is 0.410. The fourth-order valence-corrected chi connectivity index (χ4v) is 1.26. The van der Waals surface area contributed by atoms with Crippen molar-refractivity contribution in [2.45, 2.75) is 32.4 Å². The topological polar surface area (TPSA) is 48.1 Å². The molecule has 1 aliphatic carbocycles. The molecule has 0 atom stereocenters. The van der Waals surface area contributed by atoms with Crippen LogP contribution in [0.2, 0.25) is 0 Å². The van der Waals surface area contributed by atoms with Crippen LogP contribution in [-0.4, -0.2) is 11.1 Å². The first-order chi connectivity index (χ1) is 6.31. The van der Waals surface area contributed by atoms with Crippen molar-refractivity contribution in [1.82, 2.24) is 4.98 Å². The molecule has 2 rings (SSSR count). The fourth-order valence-electron chi connectivity index (χ4n) is 1.26. The van der Waals surface area contributed by atoms with E-state index < -0.39 is 0 Å². The maximum absolute atomic E-state index is 5.74. The summed E-state index contributed by atoms with van der Waals surface area (Å²) < 4.78 is 5.74. The summed E-state index contributed by atoms with van der Waals surface area (Å²) in [6.07, 6.45) is 4.52. The molecule has 70 valence electrons. The third kappa shape index (κ3) is 1.80. The highest BCUT2D eigenvalue weighted by Crippen LogP contribution is 2.30. The van der Waals surface area contributed by atoms with Gasteiger partial charge in [-0.05, 0) is 31.4 Å². The van der Waals surface area contributed by atoms with Crippen LogP contribution in [0, 0.1) is 6.92 Å². The highest BCUT2D eigenvalue weighted by atomic mass is 16.5. The normalized spacial score (nSPS) is 15.8. The molecule has 0 bridgehead atoms. The molecule has 0 amide bonds. The van der Waals surface area contributed by atoms with E-state index in [4.69, 9.17) is 10.5 Å². The van der Waals surface area contributed by atoms with E-state index in [1.165, 1.54) is 12.8 Å². The van der Waals surface area contributed by atoms with Crippen LogP contribution in [-0.2, 0) is 6.54 Å². The van der Waals surface area contributed by atoms with Gasteiger partial charge >= 0.3 is 0 Å². The van der Waals surface area contributed by atoms with Gasteiger partial charge in [-0.3, -0.25) is 4.98 Å². The van der Waals surface area contributed by atoms with Gasteiger partial charge in [-0.15, -0.1) is 0 Å². The monoisotopic (exact) mass is 178 g/mol. The number of ether oxygens (including phenoxy) is 1. The number of pyridine rings is 1. The molecule has 13 heavy (non-hydrogen) atoms. The van der Waals surface area contributed by atoms with Crippen molar-refractivity contribution in [2.75, 3.05) is 0 Å². The van der Waals surface area contributed by atoms with E-state index in [2.05, 4.69) is 4.98 Å². The Morgan fingerprint density at radius 3 is 3.00 bits per heavy atom. The molecule has 2 N–H and O–H groups in total. The van der Waals surface area contributed by atoms with E-state index in [9.17, 15) is 0 Å². The van der Waals surface area contributed by atoms with E-state index in [1.807, 2.05) is 13.0 Å². The van der Waals surface area contributed by atoms with Crippen LogP contribution in [0.3, 0.4) is 0 Å². The van der Waals surface area contributed by atoms with Crippen molar-refractivity contribution in [3.8, 4) is 5.75 Å². The van der Waals surface area contributed by atoms with Crippen LogP contribution in [0.15, 0.2) is 12.3 Å². The van der Waals surface area contributed by atoms with Crippen molar-refractivity contribution in [3.63, 3.8) is 0 Å². The Kier molecular flexibility index (Phi) is 2.19. The minimum Gasteiger partial charge on any atom is -0.488 e. The maximum Gasteiger partial charge on any atom is 0.145 e. The number of hydrogen-bond acceptors (Lipinski definition) is 3. The van der Waals surface area contributed by atoms with Gasteiger partial charge < -0.3 is 10.5 Å². The van der Waals surface area contributed by atoms with Crippen molar-refractivity contribution in [3.05, 3.63) is 23.5 Å². The quantitative estimate of drug-likeness (QED) is 0.760. The largest absolute Gasteiger partial charge is 0.488 e. The number of aromatic nitrogens is 1. The molecular weight excluding hydrogens is 164 g/mol. The average molecular weight is 178 g/mol. The summed E-state index contributed by atoms with van der Waals surface area (Å²) in [5.74, 6) is 0.896. The van der Waals surface area contributed by atoms with Crippen molar-refractivity contribution in [1.29, 1.82) is 0 Å². The van der Waals surface area contributed by atoms with Crippen LogP contribution >= 0.6 is 0 Å². The Morgan fingerprint density at radius 1 is 1.62 bits per heavy atom. The highest BCUT2D eigenvalue weighted by Gasteiger charge is 2.25. The Balaban J connectivity index is 2.27. The van der Waals surface area contributed by atoms with E-state index in [-0.39, 0.29) is 0 Å². The van der Waals surface area contributed by atoms with E-state index in [1.54, 1.807) is 6.20 Å². The van der Waals surface area contributed by atoms with Gasteiger partial charge in [0.2, 0.25) is 0 Å². The predicted molar refractivity (Wildman–Crippen MR) is 50.5 cm³/mol. The number of hydrogen-bond donors (Lipinski definition) is 1. The lowest BCUT2D eigenvalue weighted by Gasteiger charge is -2.10. The van der Waals surface area contributed by atoms with Gasteiger partial charge in [0, 0.05) is 12.7 Å². The van der Waals surface area contributed by atoms with Crippen molar-refractivity contribution < 1.29 is 4.74 Å². The zero-order chi connectivity index (χ0) is 9.26. The summed E-state index contributed by atoms with van der Waals surface area (Å²) in [6.45, 7) is 2.47. The Bertz CT molecular complexity index is 308. The summed E-state index contributed by atoms with van der Waals surface area (Å²) in [4.78, 5) is 4.19. The zero-order valence-electron chi connectivity index (χ0n) is 7.79. The minimum atomic E-state index is 0.410. The first kappa shape index (κ1) is 8.51. The smallest absolute Gasteiger partial charge is 0.145 e. The molecule has 1 aromatic heterocycles. The molecule has 0 aliphatic heterocycles. The van der Waals surface area contributed by atoms with Gasteiger partial charge in [0.25, 0.3) is 0 Å². The number of nitrogens with two attached hydrogens (primary N) is 1. The summed E-state index contributed by atoms with van der Waals surface area (Å²) in [5.41, 5.74) is 7.57. The molecule has 3 heteroatoms. The van der Waals surface area contributed by atoms with Gasteiger partial charge in [0.1, 0.15) is 5.75 Å². The lowest BCUT2D eigenvalue weighted by Crippen LogP contribution is -2.07. The lowest BCUT2D eigenvalue weighted by atomic mass is 10.2. The van der Waals surface area contributed by atoms with Gasteiger partial charge in [0.05, 0.1) is 11.8 Å². The van der Waals surface area contributed by atoms with Crippen LogP contribution in [0.5, 0.6) is 5.75 Å². The van der Waals surface area contributed by atoms with Gasteiger partial charge in [0.15, 0.2) is 0 Å². The Hall–Kier alpha value is -1.09. The van der Waals surface area contributed by atoms with Crippen LogP contribution < -0.4 is 10.5 Å². The highest BCUT2D eigenvalue weighted by molar-refractivity contribution is 5.36. The molecule has 1 fully saturated rings. The molecule has 0 aromatic carbocycles. The first-order valence-corrected chi connectivity index (χ1v) is 4.62. The van der Waals surface area contributed by atoms with Gasteiger partial charge in [-0.2, -0.15) is 0 Å². The molecule has 0 spiro atoms. The molecule has 1 heterocycles. The summed E-state index contributed by atoms with van der Waals surface area (Å²) in [7, 11) is 0. The van der Waals surface area contributed by atoms with Crippen LogP contribution in [0.25, 0.3) is 0 Å². The summed E-state index contributed by atoms with van der Waals surface area (Å²) in [6, 6.07) is 1.96. The third-order valence-electron chi connectivity index (χ3n) is 2.18. The number of rotatable bonds is 3. The predicted octanol–water partition coefficient (Wildman–Crippen LogP) is 1.39. The van der Waals surface area contributed by atoms with E-state index in [0.29, 0.717) is 12.6 Å². The molecule has 0 radical (unpaired) electrons. The van der Waals surface area contributed by atoms with Gasteiger partial charge in [-0.1, -0.05) is 0 Å². The molecular formula is C10H14N2O. The van der Waals surface area contributed by atoms with E-state index >= 15 is 0 Å². The number of aryl methyl sites for hydroxylation is 1. The summed E-state index contributed by atoms with van der Waals surface area (Å²) in [5, 5.41) is 0. The SMILES string of the molecule is Cc1ccnc(CN)c1OC1CC1. The number of nitrogens with zero attached hydrogens (tertiary/aromatic N) is 1. The molecule has 1 aliphatic rings. The maximum atomic E-state index is 5.74. The lowest BCUT2D eigenvalue weighted by molar-refractivity contribution is 0.296. The van der Waals surface area contributed by atoms with Crippen LogP contribution in [0.1, 0.15) is 24.1 Å². The Morgan fingerprint density at radius 2 is 2.38 bits per heavy atom.